The fraction of sp³-hybridized carbons (Fsp3) is 0.353. The number of benzene rings is 1. The maximum Gasteiger partial charge on any atom is 0.368 e. The van der Waals surface area contributed by atoms with Gasteiger partial charge < -0.3 is 9.67 Å². The van der Waals surface area contributed by atoms with Crippen LogP contribution >= 0.6 is 0 Å². The number of hydrogen-bond acceptors (Lipinski definition) is 5. The lowest BCUT2D eigenvalue weighted by Crippen LogP contribution is -2.32. The normalized spacial score (nSPS) is 18.1. The van der Waals surface area contributed by atoms with Gasteiger partial charge in [0.2, 0.25) is 0 Å². The molecular weight excluding hydrogens is 437 g/mol. The molecule has 13 heteroatoms. The van der Waals surface area contributed by atoms with Crippen molar-refractivity contribution in [1.82, 2.24) is 9.29 Å². The highest BCUT2D eigenvalue weighted by atomic mass is 32.2. The topological polar surface area (TPSA) is 104 Å². The second kappa shape index (κ2) is 7.86. The highest BCUT2D eigenvalue weighted by Gasteiger charge is 2.46. The first-order valence-electron chi connectivity index (χ1n) is 8.39. The van der Waals surface area contributed by atoms with Crippen LogP contribution in [-0.4, -0.2) is 24.0 Å². The van der Waals surface area contributed by atoms with Crippen molar-refractivity contribution in [3.8, 4) is 11.9 Å². The van der Waals surface area contributed by atoms with Crippen LogP contribution in [-0.2, 0) is 27.5 Å². The van der Waals surface area contributed by atoms with Crippen molar-refractivity contribution in [1.29, 1.82) is 5.26 Å². The smallest absolute Gasteiger partial charge is 0.368 e. The van der Waals surface area contributed by atoms with Gasteiger partial charge in [-0.25, -0.2) is 26.1 Å². The largest absolute Gasteiger partial charge is 0.382 e. The Kier molecular flexibility index (Phi) is 5.76. The molecule has 1 aliphatic carbocycles. The summed E-state index contributed by atoms with van der Waals surface area (Å²) < 4.78 is 98.0. The third-order valence-electron chi connectivity index (χ3n) is 4.63. The van der Waals surface area contributed by atoms with Crippen LogP contribution in [0, 0.1) is 17.3 Å². The van der Waals surface area contributed by atoms with Gasteiger partial charge in [-0.15, -0.1) is 0 Å². The third-order valence-corrected chi connectivity index (χ3v) is 5.40. The van der Waals surface area contributed by atoms with Gasteiger partial charge in [-0.3, -0.25) is 0 Å². The summed E-state index contributed by atoms with van der Waals surface area (Å²) in [6.45, 7) is -0.817. The van der Waals surface area contributed by atoms with Crippen LogP contribution < -0.4 is 4.72 Å². The molecule has 3 rings (SSSR count). The number of alkyl halides is 4. The van der Waals surface area contributed by atoms with E-state index < -0.39 is 53.2 Å². The molecule has 2 aromatic rings. The molecule has 162 valence electrons. The Morgan fingerprint density at radius 1 is 1.40 bits per heavy atom. The summed E-state index contributed by atoms with van der Waals surface area (Å²) in [4.78, 5) is 0. The van der Waals surface area contributed by atoms with Gasteiger partial charge in [0.25, 0.3) is 12.3 Å². The van der Waals surface area contributed by atoms with Crippen LogP contribution in [0.1, 0.15) is 41.3 Å². The molecule has 1 aromatic carbocycles. The van der Waals surface area contributed by atoms with E-state index >= 15 is 0 Å². The van der Waals surface area contributed by atoms with E-state index in [4.69, 9.17) is 5.26 Å². The fourth-order valence-electron chi connectivity index (χ4n) is 3.26. The van der Waals surface area contributed by atoms with E-state index in [0.29, 0.717) is 0 Å². The number of nitriles is 1. The molecule has 1 heterocycles. The van der Waals surface area contributed by atoms with Crippen molar-refractivity contribution >= 4 is 10.3 Å². The Balaban J connectivity index is 2.10. The molecule has 0 aliphatic heterocycles. The second-order valence-corrected chi connectivity index (χ2v) is 7.83. The first kappa shape index (κ1) is 22.0. The first-order chi connectivity index (χ1) is 14.0. The molecule has 0 saturated heterocycles. The Morgan fingerprint density at radius 3 is 2.73 bits per heavy atom. The van der Waals surface area contributed by atoms with Crippen LogP contribution in [0.3, 0.4) is 0 Å². The molecular formula is C17H14F5N3O4S. The Bertz CT molecular complexity index is 1110. The van der Waals surface area contributed by atoms with E-state index in [0.717, 1.165) is 30.6 Å². The summed E-state index contributed by atoms with van der Waals surface area (Å²) in [7, 11) is -4.52. The second-order valence-electron chi connectivity index (χ2n) is 6.48. The van der Waals surface area contributed by atoms with Crippen LogP contribution in [0.2, 0.25) is 0 Å². The molecule has 0 saturated carbocycles. The van der Waals surface area contributed by atoms with Crippen molar-refractivity contribution < 1.29 is 39.7 Å². The van der Waals surface area contributed by atoms with Crippen molar-refractivity contribution in [3.63, 3.8) is 0 Å². The number of nitrogens with one attached hydrogen (secondary N) is 1. The lowest BCUT2D eigenvalue weighted by molar-refractivity contribution is -0.122. The van der Waals surface area contributed by atoms with E-state index in [1.807, 2.05) is 0 Å². The molecule has 0 bridgehead atoms. The van der Waals surface area contributed by atoms with Crippen LogP contribution in [0.5, 0.6) is 0 Å². The molecule has 2 N–H and O–H groups in total. The molecule has 30 heavy (non-hydrogen) atoms. The maximum absolute atomic E-state index is 14.1. The van der Waals surface area contributed by atoms with Gasteiger partial charge in [0.05, 0.1) is 12.2 Å². The van der Waals surface area contributed by atoms with Gasteiger partial charge in [-0.05, 0) is 24.6 Å². The molecule has 1 aromatic heterocycles. The van der Waals surface area contributed by atoms with Gasteiger partial charge in [0, 0.05) is 35.1 Å². The van der Waals surface area contributed by atoms with Crippen molar-refractivity contribution in [3.05, 3.63) is 52.6 Å². The summed E-state index contributed by atoms with van der Waals surface area (Å²) in [6.07, 6.45) is -4.18. The Labute approximate surface area is 167 Å². The summed E-state index contributed by atoms with van der Waals surface area (Å²) in [5, 5.41) is 18.5. The number of rotatable bonds is 6. The molecule has 1 aliphatic rings. The fourth-order valence-corrected chi connectivity index (χ4v) is 3.71. The number of nitrogens with zero attached hydrogens (tertiary/aromatic N) is 2. The highest BCUT2D eigenvalue weighted by molar-refractivity contribution is 7.84. The molecule has 0 unspecified atom stereocenters. The quantitative estimate of drug-likeness (QED) is 0.399. The van der Waals surface area contributed by atoms with E-state index in [1.165, 1.54) is 9.29 Å². The van der Waals surface area contributed by atoms with Crippen molar-refractivity contribution in [2.45, 2.75) is 37.9 Å². The van der Waals surface area contributed by atoms with Crippen LogP contribution in [0.25, 0.3) is 5.69 Å². The zero-order valence-corrected chi connectivity index (χ0v) is 15.8. The summed E-state index contributed by atoms with van der Waals surface area (Å²) in [6, 6.07) is 2.76. The van der Waals surface area contributed by atoms with E-state index in [1.54, 1.807) is 0 Å². The predicted molar refractivity (Wildman–Crippen MR) is 91.4 cm³/mol. The molecule has 0 amide bonds. The van der Waals surface area contributed by atoms with E-state index in [9.17, 15) is 35.5 Å². The minimum absolute atomic E-state index is 0.00428. The van der Waals surface area contributed by atoms with Crippen molar-refractivity contribution in [2.75, 3.05) is 0 Å². The van der Waals surface area contributed by atoms with Gasteiger partial charge in [-0.2, -0.15) is 18.4 Å². The molecule has 0 radical (unpaired) electrons. The molecule has 7 nitrogen and oxygen atoms in total. The Morgan fingerprint density at radius 2 is 2.10 bits per heavy atom. The summed E-state index contributed by atoms with van der Waals surface area (Å²) >= 11 is 0. The zero-order valence-electron chi connectivity index (χ0n) is 14.9. The summed E-state index contributed by atoms with van der Waals surface area (Å²) in [5.74, 6) is -4.67. The van der Waals surface area contributed by atoms with Crippen molar-refractivity contribution in [2.24, 2.45) is 0 Å². The average Bonchev–Trinajstić information content (AvgIpc) is 3.02. The first-order valence-corrected chi connectivity index (χ1v) is 9.80. The van der Waals surface area contributed by atoms with Crippen LogP contribution in [0.15, 0.2) is 24.4 Å². The summed E-state index contributed by atoms with van der Waals surface area (Å²) in [5.41, 5.74) is -1.27. The number of fused-ring (bicyclic) bond motifs is 1. The predicted octanol–water partition coefficient (Wildman–Crippen LogP) is 3.00. The number of aromatic nitrogens is 1. The van der Waals surface area contributed by atoms with Gasteiger partial charge in [0.15, 0.2) is 6.19 Å². The maximum atomic E-state index is 14.1. The van der Waals surface area contributed by atoms with Gasteiger partial charge in [0.1, 0.15) is 11.9 Å². The average molecular weight is 451 g/mol. The minimum Gasteiger partial charge on any atom is -0.382 e. The Hall–Kier alpha value is -2.69. The number of aliphatic hydroxyl groups excluding tert-OH is 1. The monoisotopic (exact) mass is 451 g/mol. The standard InChI is InChI=1S/C17H14F5N3O4S/c18-12-2-1-10(5-11(12)16(19)20)25-6-9(7-29-30(27,28)24-8-23)14-13(25)3-4-17(21,22)15(14)26/h1-2,5-6,15-16,24,26H,3-4,7H2/t15-/m0/s1. The lowest BCUT2D eigenvalue weighted by atomic mass is 9.89. The number of hydrogen-bond donors (Lipinski definition) is 2. The number of halogens is 5. The zero-order chi connectivity index (χ0) is 22.3. The molecule has 0 spiro atoms. The third kappa shape index (κ3) is 4.11. The molecule has 0 fully saturated rings. The number of aliphatic hydroxyl groups is 1. The minimum atomic E-state index is -4.52. The SMILES string of the molecule is N#CNS(=O)(=O)OCc1cn(-c2ccc(F)c(C(F)F)c2)c2c1[C@H](O)C(F)(F)CC2. The highest BCUT2D eigenvalue weighted by Crippen LogP contribution is 2.44. The van der Waals surface area contributed by atoms with Gasteiger partial charge >= 0.3 is 10.3 Å². The molecule has 1 atom stereocenters. The van der Waals surface area contributed by atoms with Crippen LogP contribution in [0.4, 0.5) is 22.0 Å². The lowest BCUT2D eigenvalue weighted by Gasteiger charge is -2.29. The van der Waals surface area contributed by atoms with E-state index in [2.05, 4.69) is 4.18 Å². The van der Waals surface area contributed by atoms with Gasteiger partial charge in [-0.1, -0.05) is 0 Å². The van der Waals surface area contributed by atoms with E-state index in [-0.39, 0.29) is 28.9 Å².